The zero-order chi connectivity index (χ0) is 14.0. The van der Waals surface area contributed by atoms with E-state index in [1.54, 1.807) is 6.07 Å². The molecule has 1 saturated carbocycles. The second kappa shape index (κ2) is 5.72. The third-order valence-corrected chi connectivity index (χ3v) is 4.25. The molecule has 106 valence electrons. The van der Waals surface area contributed by atoms with Gasteiger partial charge in [-0.25, -0.2) is 0 Å². The molecule has 0 aromatic heterocycles. The third-order valence-electron chi connectivity index (χ3n) is 3.90. The van der Waals surface area contributed by atoms with Crippen molar-refractivity contribution in [1.29, 1.82) is 0 Å². The number of rotatable bonds is 3. The maximum Gasteiger partial charge on any atom is 0.0735 e. The molecule has 0 spiro atoms. The molecule has 0 saturated heterocycles. The molecule has 1 aromatic rings. The summed E-state index contributed by atoms with van der Waals surface area (Å²) in [5.74, 6) is 0.732. The van der Waals surface area contributed by atoms with Crippen LogP contribution in [0.5, 0.6) is 0 Å². The smallest absolute Gasteiger partial charge is 0.0735 e. The average molecular weight is 282 g/mol. The number of nitrogens with two attached hydrogens (primary N) is 1. The highest BCUT2D eigenvalue weighted by atomic mass is 35.5. The number of nitrogen functional groups attached to an aromatic ring is 1. The Morgan fingerprint density at radius 3 is 2.74 bits per heavy atom. The largest absolute Gasteiger partial charge is 0.399 e. The molecule has 2 rings (SSSR count). The number of anilines is 1. The van der Waals surface area contributed by atoms with E-state index in [0.29, 0.717) is 28.8 Å². The van der Waals surface area contributed by atoms with Gasteiger partial charge in [-0.15, -0.1) is 0 Å². The molecule has 0 amide bonds. The molecule has 1 aliphatic rings. The molecule has 1 aliphatic carbocycles. The monoisotopic (exact) mass is 281 g/mol. The predicted octanol–water partition coefficient (Wildman–Crippen LogP) is 4.65. The van der Waals surface area contributed by atoms with Crippen molar-refractivity contribution >= 4 is 17.3 Å². The van der Waals surface area contributed by atoms with Gasteiger partial charge in [0.2, 0.25) is 0 Å². The molecule has 2 atom stereocenters. The van der Waals surface area contributed by atoms with Crippen LogP contribution in [0.2, 0.25) is 5.02 Å². The Hall–Kier alpha value is -0.730. The van der Waals surface area contributed by atoms with E-state index >= 15 is 0 Å². The summed E-state index contributed by atoms with van der Waals surface area (Å²) in [6, 6.07) is 5.61. The summed E-state index contributed by atoms with van der Waals surface area (Å²) in [7, 11) is 0. The van der Waals surface area contributed by atoms with Gasteiger partial charge < -0.3 is 10.5 Å². The summed E-state index contributed by atoms with van der Waals surface area (Å²) in [6.07, 6.45) is 3.91. The lowest BCUT2D eigenvalue weighted by atomic mass is 9.71. The maximum absolute atomic E-state index is 6.17. The van der Waals surface area contributed by atoms with Crippen molar-refractivity contribution in [3.63, 3.8) is 0 Å². The van der Waals surface area contributed by atoms with Gasteiger partial charge in [-0.1, -0.05) is 38.4 Å². The number of hydrogen-bond acceptors (Lipinski definition) is 2. The van der Waals surface area contributed by atoms with Crippen molar-refractivity contribution in [3.8, 4) is 0 Å². The number of benzene rings is 1. The van der Waals surface area contributed by atoms with Crippen molar-refractivity contribution < 1.29 is 4.74 Å². The minimum absolute atomic E-state index is 0.340. The number of hydrogen-bond donors (Lipinski definition) is 1. The fraction of sp³-hybridized carbons (Fsp3) is 0.625. The Morgan fingerprint density at radius 2 is 2.11 bits per heavy atom. The lowest BCUT2D eigenvalue weighted by Crippen LogP contribution is -2.32. The van der Waals surface area contributed by atoms with Crippen molar-refractivity contribution in [2.24, 2.45) is 11.3 Å². The minimum atomic E-state index is 0.340. The van der Waals surface area contributed by atoms with Crippen LogP contribution in [0.15, 0.2) is 18.2 Å². The van der Waals surface area contributed by atoms with Gasteiger partial charge >= 0.3 is 0 Å². The van der Waals surface area contributed by atoms with Crippen LogP contribution in [0, 0.1) is 11.3 Å². The first-order valence-corrected chi connectivity index (χ1v) is 7.39. The van der Waals surface area contributed by atoms with Crippen LogP contribution in [0.3, 0.4) is 0 Å². The summed E-state index contributed by atoms with van der Waals surface area (Å²) in [5.41, 5.74) is 7.79. The van der Waals surface area contributed by atoms with Crippen LogP contribution in [0.25, 0.3) is 0 Å². The van der Waals surface area contributed by atoms with E-state index in [-0.39, 0.29) is 0 Å². The Morgan fingerprint density at radius 1 is 1.37 bits per heavy atom. The van der Waals surface area contributed by atoms with Crippen molar-refractivity contribution in [2.75, 3.05) is 5.73 Å². The quantitative estimate of drug-likeness (QED) is 0.818. The molecule has 2 N–H and O–H groups in total. The van der Waals surface area contributed by atoms with Gasteiger partial charge in [0.1, 0.15) is 0 Å². The third kappa shape index (κ3) is 4.12. The molecular formula is C16H24ClNO. The van der Waals surface area contributed by atoms with Gasteiger partial charge in [0, 0.05) is 10.7 Å². The van der Waals surface area contributed by atoms with E-state index in [1.807, 2.05) is 12.1 Å². The van der Waals surface area contributed by atoms with Gasteiger partial charge in [0.05, 0.1) is 12.7 Å². The fourth-order valence-corrected chi connectivity index (χ4v) is 3.52. The van der Waals surface area contributed by atoms with E-state index in [4.69, 9.17) is 22.1 Å². The zero-order valence-electron chi connectivity index (χ0n) is 12.1. The Bertz CT molecular complexity index is 444. The predicted molar refractivity (Wildman–Crippen MR) is 81.2 cm³/mol. The summed E-state index contributed by atoms with van der Waals surface area (Å²) in [4.78, 5) is 0. The Kier molecular flexibility index (Phi) is 4.42. The fourth-order valence-electron chi connectivity index (χ4n) is 3.27. The highest BCUT2D eigenvalue weighted by molar-refractivity contribution is 6.31. The second-order valence-corrected chi connectivity index (χ2v) is 7.10. The van der Waals surface area contributed by atoms with Crippen LogP contribution in [-0.2, 0) is 11.3 Å². The first-order chi connectivity index (χ1) is 8.85. The number of halogens is 1. The summed E-state index contributed by atoms with van der Waals surface area (Å²) in [5, 5.41) is 0.697. The van der Waals surface area contributed by atoms with Crippen molar-refractivity contribution in [3.05, 3.63) is 28.8 Å². The first-order valence-electron chi connectivity index (χ1n) is 7.01. The van der Waals surface area contributed by atoms with Crippen molar-refractivity contribution in [2.45, 2.75) is 52.7 Å². The second-order valence-electron chi connectivity index (χ2n) is 6.70. The van der Waals surface area contributed by atoms with Gasteiger partial charge in [0.25, 0.3) is 0 Å². The molecular weight excluding hydrogens is 258 g/mol. The summed E-state index contributed by atoms with van der Waals surface area (Å²) >= 11 is 6.17. The maximum atomic E-state index is 6.17. The van der Waals surface area contributed by atoms with Crippen LogP contribution in [0.1, 0.15) is 45.6 Å². The van der Waals surface area contributed by atoms with Crippen LogP contribution < -0.4 is 5.73 Å². The van der Waals surface area contributed by atoms with Crippen LogP contribution in [-0.4, -0.2) is 6.10 Å². The van der Waals surface area contributed by atoms with Crippen LogP contribution in [0.4, 0.5) is 5.69 Å². The van der Waals surface area contributed by atoms with E-state index in [0.717, 1.165) is 24.3 Å². The van der Waals surface area contributed by atoms with Crippen LogP contribution >= 0.6 is 11.6 Å². The SMILES string of the molecule is CC1CC(OCc2ccc(N)cc2Cl)CC(C)(C)C1. The van der Waals surface area contributed by atoms with Gasteiger partial charge in [-0.3, -0.25) is 0 Å². The number of ether oxygens (including phenoxy) is 1. The topological polar surface area (TPSA) is 35.2 Å². The van der Waals surface area contributed by atoms with Gasteiger partial charge in [-0.05, 0) is 48.3 Å². The molecule has 0 radical (unpaired) electrons. The van der Waals surface area contributed by atoms with Gasteiger partial charge in [0.15, 0.2) is 0 Å². The highest BCUT2D eigenvalue weighted by Gasteiger charge is 2.32. The molecule has 19 heavy (non-hydrogen) atoms. The molecule has 0 bridgehead atoms. The van der Waals surface area contributed by atoms with Gasteiger partial charge in [-0.2, -0.15) is 0 Å². The molecule has 2 nitrogen and oxygen atoms in total. The van der Waals surface area contributed by atoms with E-state index in [2.05, 4.69) is 20.8 Å². The van der Waals surface area contributed by atoms with E-state index < -0.39 is 0 Å². The minimum Gasteiger partial charge on any atom is -0.399 e. The summed E-state index contributed by atoms with van der Waals surface area (Å²) < 4.78 is 6.07. The molecule has 2 unspecified atom stereocenters. The summed E-state index contributed by atoms with van der Waals surface area (Å²) in [6.45, 7) is 7.55. The van der Waals surface area contributed by atoms with E-state index in [1.165, 1.54) is 6.42 Å². The lowest BCUT2D eigenvalue weighted by molar-refractivity contribution is -0.0315. The normalized spacial score (nSPS) is 26.3. The lowest BCUT2D eigenvalue weighted by Gasteiger charge is -2.38. The Labute approximate surface area is 121 Å². The van der Waals surface area contributed by atoms with Crippen molar-refractivity contribution in [1.82, 2.24) is 0 Å². The molecule has 0 aliphatic heterocycles. The standard InChI is InChI=1S/C16H24ClNO/c1-11-6-14(9-16(2,3)8-11)19-10-12-4-5-13(18)7-15(12)17/h4-5,7,11,14H,6,8-10,18H2,1-3H3. The first kappa shape index (κ1) is 14.7. The highest BCUT2D eigenvalue weighted by Crippen LogP contribution is 2.40. The molecule has 1 aromatic carbocycles. The molecule has 1 fully saturated rings. The molecule has 3 heteroatoms. The average Bonchev–Trinajstić information content (AvgIpc) is 2.25. The van der Waals surface area contributed by atoms with E-state index in [9.17, 15) is 0 Å². The zero-order valence-corrected chi connectivity index (χ0v) is 12.8. The molecule has 0 heterocycles. The Balaban J connectivity index is 1.95.